The predicted octanol–water partition coefficient (Wildman–Crippen LogP) is 0.916. The maximum absolute atomic E-state index is 12.3. The minimum absolute atomic E-state index is 0.0449. The Morgan fingerprint density at radius 3 is 2.12 bits per heavy atom. The first-order valence-corrected chi connectivity index (χ1v) is 9.32. The molecule has 3 N–H and O–H groups in total. The highest BCUT2D eigenvalue weighted by molar-refractivity contribution is 6.39. The van der Waals surface area contributed by atoms with Crippen LogP contribution in [0.3, 0.4) is 0 Å². The molecule has 1 saturated heterocycles. The van der Waals surface area contributed by atoms with E-state index >= 15 is 0 Å². The summed E-state index contributed by atoms with van der Waals surface area (Å²) in [5.74, 6) is -0.0449. The molecule has 0 saturated carbocycles. The summed E-state index contributed by atoms with van der Waals surface area (Å²) in [5.41, 5.74) is 1.87. The molecule has 1 heterocycles. The van der Waals surface area contributed by atoms with Gasteiger partial charge in [0.15, 0.2) is 6.54 Å². The molecule has 1 fully saturated rings. The van der Waals surface area contributed by atoms with Gasteiger partial charge < -0.3 is 15.1 Å². The van der Waals surface area contributed by atoms with E-state index in [-0.39, 0.29) is 5.91 Å². The lowest BCUT2D eigenvalue weighted by atomic mass is 10.2. The van der Waals surface area contributed by atoms with Crippen molar-refractivity contribution < 1.29 is 14.6 Å². The first kappa shape index (κ1) is 18.2. The number of para-hydroxylation sites is 1. The van der Waals surface area contributed by atoms with E-state index in [0.29, 0.717) is 22.3 Å². The standard InChI is InChI=1S/C19H21Cl2N3O/c20-16-7-4-8-17(21)19(16)22-18(25)14-24-11-9-23(10-12-24)13-15-5-2-1-3-6-15/h1-8H,9-14H2,(H,22,25)/p+2. The second-order valence-corrected chi connectivity index (χ2v) is 7.30. The molecule has 0 bridgehead atoms. The highest BCUT2D eigenvalue weighted by Gasteiger charge is 2.25. The Balaban J connectivity index is 1.46. The van der Waals surface area contributed by atoms with Gasteiger partial charge in [0.05, 0.1) is 15.7 Å². The molecule has 3 rings (SSSR count). The van der Waals surface area contributed by atoms with Crippen LogP contribution in [0, 0.1) is 0 Å². The zero-order valence-corrected chi connectivity index (χ0v) is 15.5. The van der Waals surface area contributed by atoms with Crippen molar-refractivity contribution in [1.82, 2.24) is 0 Å². The van der Waals surface area contributed by atoms with E-state index in [4.69, 9.17) is 23.2 Å². The minimum atomic E-state index is -0.0449. The van der Waals surface area contributed by atoms with Gasteiger partial charge in [0.25, 0.3) is 5.91 Å². The lowest BCUT2D eigenvalue weighted by molar-refractivity contribution is -1.02. The second kappa shape index (κ2) is 8.68. The summed E-state index contributed by atoms with van der Waals surface area (Å²) in [7, 11) is 0. The Morgan fingerprint density at radius 2 is 1.48 bits per heavy atom. The molecular weight excluding hydrogens is 357 g/mol. The van der Waals surface area contributed by atoms with Gasteiger partial charge in [-0.1, -0.05) is 59.6 Å². The average molecular weight is 380 g/mol. The van der Waals surface area contributed by atoms with Crippen LogP contribution in [0.15, 0.2) is 48.5 Å². The zero-order valence-electron chi connectivity index (χ0n) is 14.0. The van der Waals surface area contributed by atoms with Crippen molar-refractivity contribution in [3.8, 4) is 0 Å². The van der Waals surface area contributed by atoms with E-state index in [1.54, 1.807) is 23.1 Å². The van der Waals surface area contributed by atoms with Gasteiger partial charge >= 0.3 is 0 Å². The molecule has 132 valence electrons. The molecule has 1 aliphatic rings. The second-order valence-electron chi connectivity index (χ2n) is 6.48. The number of amides is 1. The van der Waals surface area contributed by atoms with Crippen molar-refractivity contribution in [2.75, 3.05) is 38.0 Å². The fraction of sp³-hybridized carbons (Fsp3) is 0.316. The number of nitrogens with one attached hydrogen (secondary N) is 3. The fourth-order valence-electron chi connectivity index (χ4n) is 3.22. The Hall–Kier alpha value is -1.59. The average Bonchev–Trinajstić information content (AvgIpc) is 2.61. The Morgan fingerprint density at radius 1 is 0.880 bits per heavy atom. The number of quaternary nitrogens is 2. The number of carbonyl (C=O) groups excluding carboxylic acids is 1. The van der Waals surface area contributed by atoms with Crippen LogP contribution in [0.2, 0.25) is 10.0 Å². The van der Waals surface area contributed by atoms with Gasteiger partial charge in [0.2, 0.25) is 0 Å². The van der Waals surface area contributed by atoms with Crippen molar-refractivity contribution in [2.24, 2.45) is 0 Å². The summed E-state index contributed by atoms with van der Waals surface area (Å²) in [6.45, 7) is 5.63. The van der Waals surface area contributed by atoms with Crippen LogP contribution in [-0.2, 0) is 11.3 Å². The molecule has 0 aliphatic carbocycles. The maximum atomic E-state index is 12.3. The molecule has 4 nitrogen and oxygen atoms in total. The molecule has 0 atom stereocenters. The van der Waals surface area contributed by atoms with Gasteiger partial charge in [-0.05, 0) is 12.1 Å². The Bertz CT molecular complexity index is 696. The van der Waals surface area contributed by atoms with E-state index in [2.05, 4.69) is 29.6 Å². The number of carbonyl (C=O) groups is 1. The molecule has 25 heavy (non-hydrogen) atoms. The third-order valence-corrected chi connectivity index (χ3v) is 5.23. The van der Waals surface area contributed by atoms with Crippen molar-refractivity contribution in [1.29, 1.82) is 0 Å². The number of anilines is 1. The van der Waals surface area contributed by atoms with Gasteiger partial charge in [-0.15, -0.1) is 0 Å². The molecule has 0 unspecified atom stereocenters. The first-order valence-electron chi connectivity index (χ1n) is 8.57. The number of halogens is 2. The molecule has 0 aromatic heterocycles. The van der Waals surface area contributed by atoms with Crippen molar-refractivity contribution >= 4 is 34.8 Å². The molecular formula is C19H23Cl2N3O+2. The Labute approximate surface area is 158 Å². The van der Waals surface area contributed by atoms with Crippen LogP contribution in [0.25, 0.3) is 0 Å². The molecule has 2 aromatic rings. The normalized spacial score (nSPS) is 20.2. The highest BCUT2D eigenvalue weighted by atomic mass is 35.5. The van der Waals surface area contributed by atoms with Crippen molar-refractivity contribution in [2.45, 2.75) is 6.54 Å². The number of hydrogen-bond acceptors (Lipinski definition) is 1. The number of benzene rings is 2. The first-order chi connectivity index (χ1) is 12.1. The lowest BCUT2D eigenvalue weighted by Gasteiger charge is -2.29. The van der Waals surface area contributed by atoms with E-state index in [1.165, 1.54) is 10.5 Å². The molecule has 2 aromatic carbocycles. The SMILES string of the molecule is O=C(C[NH+]1CC[NH+](Cc2ccccc2)CC1)Nc1c(Cl)cccc1Cl. The summed E-state index contributed by atoms with van der Waals surface area (Å²) in [6, 6.07) is 15.8. The maximum Gasteiger partial charge on any atom is 0.279 e. The minimum Gasteiger partial charge on any atom is -0.322 e. The highest BCUT2D eigenvalue weighted by Crippen LogP contribution is 2.29. The van der Waals surface area contributed by atoms with Gasteiger partial charge in [-0.3, -0.25) is 4.79 Å². The lowest BCUT2D eigenvalue weighted by Crippen LogP contribution is -3.28. The summed E-state index contributed by atoms with van der Waals surface area (Å²) in [6.07, 6.45) is 0. The van der Waals surface area contributed by atoms with Gasteiger partial charge in [-0.2, -0.15) is 0 Å². The molecule has 0 radical (unpaired) electrons. The molecule has 0 spiro atoms. The van der Waals surface area contributed by atoms with Crippen molar-refractivity contribution in [3.63, 3.8) is 0 Å². The smallest absolute Gasteiger partial charge is 0.279 e. The quantitative estimate of drug-likeness (QED) is 0.709. The predicted molar refractivity (Wildman–Crippen MR) is 101 cm³/mol. The van der Waals surface area contributed by atoms with Crippen LogP contribution in [0.5, 0.6) is 0 Å². The number of rotatable bonds is 5. The summed E-state index contributed by atoms with van der Waals surface area (Å²) in [4.78, 5) is 15.2. The summed E-state index contributed by atoms with van der Waals surface area (Å²) < 4.78 is 0. The molecule has 1 amide bonds. The molecule has 6 heteroatoms. The third kappa shape index (κ3) is 5.19. The summed E-state index contributed by atoms with van der Waals surface area (Å²) in [5, 5.41) is 3.78. The zero-order chi connectivity index (χ0) is 17.6. The number of hydrogen-bond donors (Lipinski definition) is 3. The van der Waals surface area contributed by atoms with Crippen LogP contribution in [-0.4, -0.2) is 38.6 Å². The monoisotopic (exact) mass is 379 g/mol. The number of piperazine rings is 1. The van der Waals surface area contributed by atoms with Crippen LogP contribution in [0.4, 0.5) is 5.69 Å². The largest absolute Gasteiger partial charge is 0.322 e. The van der Waals surface area contributed by atoms with Crippen LogP contribution in [0.1, 0.15) is 5.56 Å². The van der Waals surface area contributed by atoms with E-state index < -0.39 is 0 Å². The topological polar surface area (TPSA) is 38.0 Å². The fourth-order valence-corrected chi connectivity index (χ4v) is 3.72. The Kier molecular flexibility index (Phi) is 6.32. The van der Waals surface area contributed by atoms with Crippen molar-refractivity contribution in [3.05, 3.63) is 64.1 Å². The van der Waals surface area contributed by atoms with E-state index in [0.717, 1.165) is 32.7 Å². The van der Waals surface area contributed by atoms with E-state index in [1.807, 2.05) is 6.07 Å². The van der Waals surface area contributed by atoms with Gasteiger partial charge in [0, 0.05) is 5.56 Å². The summed E-state index contributed by atoms with van der Waals surface area (Å²) >= 11 is 12.2. The van der Waals surface area contributed by atoms with E-state index in [9.17, 15) is 4.79 Å². The van der Waals surface area contributed by atoms with Crippen LogP contribution >= 0.6 is 23.2 Å². The molecule has 1 aliphatic heterocycles. The third-order valence-electron chi connectivity index (χ3n) is 4.60. The van der Waals surface area contributed by atoms with Gasteiger partial charge in [-0.25, -0.2) is 0 Å². The van der Waals surface area contributed by atoms with Crippen LogP contribution < -0.4 is 15.1 Å². The van der Waals surface area contributed by atoms with Gasteiger partial charge in [0.1, 0.15) is 32.7 Å².